The van der Waals surface area contributed by atoms with E-state index in [9.17, 15) is 4.79 Å². The predicted molar refractivity (Wildman–Crippen MR) is 101 cm³/mol. The second kappa shape index (κ2) is 8.39. The second-order valence-electron chi connectivity index (χ2n) is 6.61. The lowest BCUT2D eigenvalue weighted by molar-refractivity contribution is -0.130. The Balaban J connectivity index is 1.67. The SMILES string of the molecule is COc1ccc(C2CCCCN(C(=O)Cc3ccc(Cl)cc3)C2)cc1. The van der Waals surface area contributed by atoms with Crippen molar-refractivity contribution in [3.05, 3.63) is 64.7 Å². The molecule has 1 unspecified atom stereocenters. The Morgan fingerprint density at radius 2 is 1.84 bits per heavy atom. The average molecular weight is 358 g/mol. The van der Waals surface area contributed by atoms with E-state index in [1.165, 1.54) is 5.56 Å². The first kappa shape index (κ1) is 17.8. The van der Waals surface area contributed by atoms with Crippen molar-refractivity contribution in [2.45, 2.75) is 31.6 Å². The summed E-state index contributed by atoms with van der Waals surface area (Å²) in [6.07, 6.45) is 3.78. The van der Waals surface area contributed by atoms with E-state index in [1.807, 2.05) is 41.3 Å². The topological polar surface area (TPSA) is 29.5 Å². The van der Waals surface area contributed by atoms with Crippen LogP contribution < -0.4 is 4.74 Å². The molecule has 1 fully saturated rings. The Morgan fingerprint density at radius 3 is 2.52 bits per heavy atom. The molecule has 0 spiro atoms. The highest BCUT2D eigenvalue weighted by molar-refractivity contribution is 6.30. The number of hydrogen-bond donors (Lipinski definition) is 0. The molecule has 25 heavy (non-hydrogen) atoms. The summed E-state index contributed by atoms with van der Waals surface area (Å²) in [6.45, 7) is 1.64. The van der Waals surface area contributed by atoms with Gasteiger partial charge in [0, 0.05) is 24.0 Å². The molecule has 1 amide bonds. The molecule has 0 bridgehead atoms. The molecule has 4 heteroatoms. The predicted octanol–water partition coefficient (Wildman–Crippen LogP) is 4.69. The lowest BCUT2D eigenvalue weighted by atomic mass is 9.94. The Labute approximate surface area is 154 Å². The van der Waals surface area contributed by atoms with Crippen molar-refractivity contribution in [1.29, 1.82) is 0 Å². The van der Waals surface area contributed by atoms with Crippen LogP contribution in [0.5, 0.6) is 5.75 Å². The fourth-order valence-corrected chi connectivity index (χ4v) is 3.53. The van der Waals surface area contributed by atoms with Crippen molar-refractivity contribution in [2.75, 3.05) is 20.2 Å². The number of halogens is 1. The normalized spacial score (nSPS) is 17.8. The van der Waals surface area contributed by atoms with Crippen molar-refractivity contribution in [1.82, 2.24) is 4.90 Å². The summed E-state index contributed by atoms with van der Waals surface area (Å²) in [6, 6.07) is 15.8. The van der Waals surface area contributed by atoms with Gasteiger partial charge in [0.15, 0.2) is 0 Å². The largest absolute Gasteiger partial charge is 0.497 e. The fourth-order valence-electron chi connectivity index (χ4n) is 3.41. The molecule has 1 aliphatic rings. The molecular formula is C21H24ClNO2. The molecule has 0 saturated carbocycles. The van der Waals surface area contributed by atoms with Crippen molar-refractivity contribution in [3.63, 3.8) is 0 Å². The summed E-state index contributed by atoms with van der Waals surface area (Å²) in [7, 11) is 1.68. The van der Waals surface area contributed by atoms with Gasteiger partial charge < -0.3 is 9.64 Å². The van der Waals surface area contributed by atoms with Crippen molar-refractivity contribution in [3.8, 4) is 5.75 Å². The number of methoxy groups -OCH3 is 1. The summed E-state index contributed by atoms with van der Waals surface area (Å²) >= 11 is 5.92. The molecule has 1 heterocycles. The molecule has 0 aromatic heterocycles. The smallest absolute Gasteiger partial charge is 0.227 e. The first-order chi connectivity index (χ1) is 12.2. The lowest BCUT2D eigenvalue weighted by Crippen LogP contribution is -2.35. The highest BCUT2D eigenvalue weighted by atomic mass is 35.5. The minimum absolute atomic E-state index is 0.197. The van der Waals surface area contributed by atoms with E-state index >= 15 is 0 Å². The number of amides is 1. The van der Waals surface area contributed by atoms with Crippen LogP contribution in [-0.4, -0.2) is 31.0 Å². The lowest BCUT2D eigenvalue weighted by Gasteiger charge is -2.25. The van der Waals surface area contributed by atoms with Crippen LogP contribution in [0.4, 0.5) is 0 Å². The van der Waals surface area contributed by atoms with E-state index in [-0.39, 0.29) is 5.91 Å². The summed E-state index contributed by atoms with van der Waals surface area (Å²) in [5, 5.41) is 0.700. The summed E-state index contributed by atoms with van der Waals surface area (Å²) in [4.78, 5) is 14.8. The average Bonchev–Trinajstić information content (AvgIpc) is 2.90. The maximum Gasteiger partial charge on any atom is 0.227 e. The molecule has 2 aromatic carbocycles. The van der Waals surface area contributed by atoms with Gasteiger partial charge in [0.25, 0.3) is 0 Å². The highest BCUT2D eigenvalue weighted by Gasteiger charge is 2.23. The Hall–Kier alpha value is -2.00. The molecule has 3 rings (SSSR count). The third-order valence-corrected chi connectivity index (χ3v) is 5.13. The zero-order chi connectivity index (χ0) is 17.6. The summed E-state index contributed by atoms with van der Waals surface area (Å²) in [5.74, 6) is 1.46. The van der Waals surface area contributed by atoms with Crippen LogP contribution in [0.2, 0.25) is 5.02 Å². The van der Waals surface area contributed by atoms with Gasteiger partial charge in [-0.2, -0.15) is 0 Å². The summed E-state index contributed by atoms with van der Waals surface area (Å²) in [5.41, 5.74) is 2.30. The van der Waals surface area contributed by atoms with Gasteiger partial charge in [-0.05, 0) is 48.2 Å². The number of likely N-dealkylation sites (tertiary alicyclic amines) is 1. The molecule has 132 valence electrons. The minimum atomic E-state index is 0.197. The van der Waals surface area contributed by atoms with Crippen LogP contribution in [0.15, 0.2) is 48.5 Å². The number of rotatable bonds is 4. The standard InChI is InChI=1S/C21H24ClNO2/c1-25-20-11-7-17(8-12-20)18-4-2-3-13-23(15-18)21(24)14-16-5-9-19(22)10-6-16/h5-12,18H,2-4,13-15H2,1H3. The molecule has 1 saturated heterocycles. The van der Waals surface area contributed by atoms with Crippen LogP contribution in [0.1, 0.15) is 36.3 Å². The summed E-state index contributed by atoms with van der Waals surface area (Å²) < 4.78 is 5.24. The highest BCUT2D eigenvalue weighted by Crippen LogP contribution is 2.28. The Morgan fingerprint density at radius 1 is 1.12 bits per heavy atom. The number of carbonyl (C=O) groups excluding carboxylic acids is 1. The molecular weight excluding hydrogens is 334 g/mol. The van der Waals surface area contributed by atoms with Crippen molar-refractivity contribution < 1.29 is 9.53 Å². The van der Waals surface area contributed by atoms with Gasteiger partial charge in [-0.25, -0.2) is 0 Å². The van der Waals surface area contributed by atoms with Gasteiger partial charge in [-0.3, -0.25) is 4.79 Å². The van der Waals surface area contributed by atoms with E-state index < -0.39 is 0 Å². The van der Waals surface area contributed by atoms with E-state index in [4.69, 9.17) is 16.3 Å². The molecule has 1 atom stereocenters. The van der Waals surface area contributed by atoms with Gasteiger partial charge >= 0.3 is 0 Å². The fraction of sp³-hybridized carbons (Fsp3) is 0.381. The molecule has 2 aromatic rings. The molecule has 0 aliphatic carbocycles. The number of hydrogen-bond acceptors (Lipinski definition) is 2. The van der Waals surface area contributed by atoms with E-state index in [1.54, 1.807) is 7.11 Å². The zero-order valence-electron chi connectivity index (χ0n) is 14.6. The van der Waals surface area contributed by atoms with Crippen LogP contribution in [0, 0.1) is 0 Å². The monoisotopic (exact) mass is 357 g/mol. The molecule has 0 radical (unpaired) electrons. The van der Waals surface area contributed by atoms with E-state index in [0.29, 0.717) is 17.4 Å². The van der Waals surface area contributed by atoms with Gasteiger partial charge in [0.1, 0.15) is 5.75 Å². The first-order valence-corrected chi connectivity index (χ1v) is 9.19. The quantitative estimate of drug-likeness (QED) is 0.794. The second-order valence-corrected chi connectivity index (χ2v) is 7.05. The van der Waals surface area contributed by atoms with Crippen molar-refractivity contribution in [2.24, 2.45) is 0 Å². The van der Waals surface area contributed by atoms with E-state index in [0.717, 1.165) is 43.7 Å². The van der Waals surface area contributed by atoms with Gasteiger partial charge in [-0.1, -0.05) is 42.3 Å². The Bertz CT molecular complexity index is 697. The van der Waals surface area contributed by atoms with Crippen molar-refractivity contribution >= 4 is 17.5 Å². The van der Waals surface area contributed by atoms with Gasteiger partial charge in [0.05, 0.1) is 13.5 Å². The van der Waals surface area contributed by atoms with Crippen LogP contribution in [0.3, 0.4) is 0 Å². The first-order valence-electron chi connectivity index (χ1n) is 8.82. The third-order valence-electron chi connectivity index (χ3n) is 4.88. The van der Waals surface area contributed by atoms with Crippen LogP contribution in [-0.2, 0) is 11.2 Å². The minimum Gasteiger partial charge on any atom is -0.497 e. The van der Waals surface area contributed by atoms with Gasteiger partial charge in [0.2, 0.25) is 5.91 Å². The van der Waals surface area contributed by atoms with Gasteiger partial charge in [-0.15, -0.1) is 0 Å². The molecule has 3 nitrogen and oxygen atoms in total. The Kier molecular flexibility index (Phi) is 5.98. The van der Waals surface area contributed by atoms with E-state index in [2.05, 4.69) is 12.1 Å². The number of benzene rings is 2. The number of carbonyl (C=O) groups is 1. The number of nitrogens with zero attached hydrogens (tertiary/aromatic N) is 1. The zero-order valence-corrected chi connectivity index (χ0v) is 15.3. The van der Waals surface area contributed by atoms with Crippen LogP contribution in [0.25, 0.3) is 0 Å². The number of ether oxygens (including phenoxy) is 1. The molecule has 1 aliphatic heterocycles. The maximum absolute atomic E-state index is 12.8. The third kappa shape index (κ3) is 4.76. The maximum atomic E-state index is 12.8. The molecule has 0 N–H and O–H groups in total. The van der Waals surface area contributed by atoms with Crippen LogP contribution >= 0.6 is 11.6 Å².